The zero-order valence-electron chi connectivity index (χ0n) is 16.2. The third kappa shape index (κ3) is 5.30. The van der Waals surface area contributed by atoms with Crippen molar-refractivity contribution in [3.8, 4) is 11.5 Å². The first kappa shape index (κ1) is 21.8. The molecule has 2 rings (SSSR count). The molecule has 0 bridgehead atoms. The molecule has 0 saturated heterocycles. The van der Waals surface area contributed by atoms with Crippen LogP contribution in [0.2, 0.25) is 5.02 Å². The number of nitrogens with one attached hydrogen (secondary N) is 1. The van der Waals surface area contributed by atoms with Gasteiger partial charge in [-0.2, -0.15) is 0 Å². The van der Waals surface area contributed by atoms with Crippen molar-refractivity contribution in [3.05, 3.63) is 52.5 Å². The maximum atomic E-state index is 12.4. The summed E-state index contributed by atoms with van der Waals surface area (Å²) in [6, 6.07) is 10.2. The standard InChI is InChI=1S/C19H23ClN2O5S/c1-13-15(20)6-5-7-16(13)22(28(4,24)25)12-19(23)21-11-14-8-9-17(26-2)18(10-14)27-3/h5-10H,11-12H2,1-4H3,(H,21,23). The van der Waals surface area contributed by atoms with Crippen LogP contribution in [-0.4, -0.2) is 41.3 Å². The van der Waals surface area contributed by atoms with E-state index >= 15 is 0 Å². The lowest BCUT2D eigenvalue weighted by molar-refractivity contribution is -0.119. The molecule has 2 aromatic rings. The highest BCUT2D eigenvalue weighted by molar-refractivity contribution is 7.92. The van der Waals surface area contributed by atoms with E-state index in [1.165, 1.54) is 14.2 Å². The zero-order chi connectivity index (χ0) is 20.9. The number of methoxy groups -OCH3 is 2. The summed E-state index contributed by atoms with van der Waals surface area (Å²) >= 11 is 6.09. The molecule has 0 aliphatic carbocycles. The second-order valence-corrected chi connectivity index (χ2v) is 8.43. The predicted molar refractivity (Wildman–Crippen MR) is 110 cm³/mol. The van der Waals surface area contributed by atoms with E-state index in [0.29, 0.717) is 27.8 Å². The van der Waals surface area contributed by atoms with Gasteiger partial charge < -0.3 is 14.8 Å². The summed E-state index contributed by atoms with van der Waals surface area (Å²) in [5.74, 6) is 0.679. The van der Waals surface area contributed by atoms with Crippen molar-refractivity contribution < 1.29 is 22.7 Å². The van der Waals surface area contributed by atoms with Crippen molar-refractivity contribution in [1.82, 2.24) is 5.32 Å². The molecule has 0 spiro atoms. The minimum atomic E-state index is -3.68. The van der Waals surface area contributed by atoms with Crippen LogP contribution in [0.1, 0.15) is 11.1 Å². The van der Waals surface area contributed by atoms with Crippen LogP contribution in [0.4, 0.5) is 5.69 Å². The monoisotopic (exact) mass is 426 g/mol. The van der Waals surface area contributed by atoms with E-state index in [4.69, 9.17) is 21.1 Å². The number of benzene rings is 2. The Labute approximate surface area is 170 Å². The smallest absolute Gasteiger partial charge is 0.241 e. The van der Waals surface area contributed by atoms with Crippen LogP contribution >= 0.6 is 11.6 Å². The average Bonchev–Trinajstić information content (AvgIpc) is 2.65. The van der Waals surface area contributed by atoms with Crippen molar-refractivity contribution in [2.45, 2.75) is 13.5 Å². The molecule has 0 heterocycles. The number of sulfonamides is 1. The fourth-order valence-electron chi connectivity index (χ4n) is 2.62. The molecule has 0 aliphatic rings. The number of anilines is 1. The van der Waals surface area contributed by atoms with E-state index in [1.54, 1.807) is 43.3 Å². The first-order valence-corrected chi connectivity index (χ1v) is 10.6. The van der Waals surface area contributed by atoms with Gasteiger partial charge in [-0.15, -0.1) is 0 Å². The summed E-state index contributed by atoms with van der Waals surface area (Å²) in [4.78, 5) is 12.4. The number of carbonyl (C=O) groups is 1. The molecule has 0 saturated carbocycles. The van der Waals surface area contributed by atoms with Crippen molar-refractivity contribution in [2.75, 3.05) is 31.3 Å². The van der Waals surface area contributed by atoms with Crippen LogP contribution in [0.25, 0.3) is 0 Å². The van der Waals surface area contributed by atoms with Gasteiger partial charge in [-0.3, -0.25) is 9.10 Å². The molecule has 9 heteroatoms. The molecule has 1 N–H and O–H groups in total. The van der Waals surface area contributed by atoms with E-state index in [9.17, 15) is 13.2 Å². The lowest BCUT2D eigenvalue weighted by Crippen LogP contribution is -2.40. The second kappa shape index (κ2) is 9.16. The summed E-state index contributed by atoms with van der Waals surface area (Å²) in [5, 5.41) is 3.15. The number of nitrogens with zero attached hydrogens (tertiary/aromatic N) is 1. The SMILES string of the molecule is COc1ccc(CNC(=O)CN(c2cccc(Cl)c2C)S(C)(=O)=O)cc1OC. The van der Waals surface area contributed by atoms with Gasteiger partial charge in [0.25, 0.3) is 0 Å². The highest BCUT2D eigenvalue weighted by Gasteiger charge is 2.23. The van der Waals surface area contributed by atoms with E-state index in [0.717, 1.165) is 16.1 Å². The number of halogens is 1. The minimum Gasteiger partial charge on any atom is -0.493 e. The molecule has 28 heavy (non-hydrogen) atoms. The normalized spacial score (nSPS) is 11.0. The fourth-order valence-corrected chi connectivity index (χ4v) is 3.70. The van der Waals surface area contributed by atoms with Crippen molar-refractivity contribution in [2.24, 2.45) is 0 Å². The van der Waals surface area contributed by atoms with Crippen LogP contribution in [0.15, 0.2) is 36.4 Å². The molecule has 152 valence electrons. The summed E-state index contributed by atoms with van der Waals surface area (Å²) in [5.41, 5.74) is 1.74. The molecule has 0 aromatic heterocycles. The lowest BCUT2D eigenvalue weighted by Gasteiger charge is -2.24. The van der Waals surface area contributed by atoms with Gasteiger partial charge in [0, 0.05) is 11.6 Å². The van der Waals surface area contributed by atoms with E-state index in [-0.39, 0.29) is 13.1 Å². The molecule has 0 atom stereocenters. The maximum Gasteiger partial charge on any atom is 0.241 e. The van der Waals surface area contributed by atoms with Gasteiger partial charge in [0.05, 0.1) is 26.2 Å². The number of amides is 1. The summed E-state index contributed by atoms with van der Waals surface area (Å²) < 4.78 is 35.9. The summed E-state index contributed by atoms with van der Waals surface area (Å²) in [6.45, 7) is 1.57. The Balaban J connectivity index is 2.14. The van der Waals surface area contributed by atoms with Crippen LogP contribution in [-0.2, 0) is 21.4 Å². The quantitative estimate of drug-likeness (QED) is 0.701. The maximum absolute atomic E-state index is 12.4. The Hall–Kier alpha value is -2.45. The summed E-state index contributed by atoms with van der Waals surface area (Å²) in [7, 11) is -0.614. The van der Waals surface area contributed by atoms with E-state index in [1.807, 2.05) is 0 Å². The van der Waals surface area contributed by atoms with E-state index in [2.05, 4.69) is 5.32 Å². The Kier molecular flexibility index (Phi) is 7.15. The molecule has 1 amide bonds. The van der Waals surface area contributed by atoms with Gasteiger partial charge in [-0.25, -0.2) is 8.42 Å². The predicted octanol–water partition coefficient (Wildman–Crippen LogP) is 2.75. The Morgan fingerprint density at radius 2 is 1.82 bits per heavy atom. The van der Waals surface area contributed by atoms with Crippen molar-refractivity contribution in [3.63, 3.8) is 0 Å². The first-order chi connectivity index (χ1) is 13.2. The fraction of sp³-hybridized carbons (Fsp3) is 0.316. The van der Waals surface area contributed by atoms with E-state index < -0.39 is 15.9 Å². The lowest BCUT2D eigenvalue weighted by atomic mass is 10.2. The second-order valence-electron chi connectivity index (χ2n) is 6.12. The molecular formula is C19H23ClN2O5S. The van der Waals surface area contributed by atoms with Crippen LogP contribution in [0, 0.1) is 6.92 Å². The summed E-state index contributed by atoms with van der Waals surface area (Å²) in [6.07, 6.45) is 1.05. The molecule has 2 aromatic carbocycles. The van der Waals surface area contributed by atoms with Gasteiger partial charge in [0.15, 0.2) is 11.5 Å². The Morgan fingerprint density at radius 3 is 2.43 bits per heavy atom. The number of rotatable bonds is 8. The third-order valence-corrected chi connectivity index (χ3v) is 5.67. The van der Waals surface area contributed by atoms with Gasteiger partial charge in [0.1, 0.15) is 6.54 Å². The van der Waals surface area contributed by atoms with Crippen LogP contribution < -0.4 is 19.1 Å². The number of hydrogen-bond acceptors (Lipinski definition) is 5. The molecular weight excluding hydrogens is 404 g/mol. The third-order valence-electron chi connectivity index (χ3n) is 4.13. The average molecular weight is 427 g/mol. The topological polar surface area (TPSA) is 84.9 Å². The highest BCUT2D eigenvalue weighted by Crippen LogP contribution is 2.29. The van der Waals surface area contributed by atoms with Gasteiger partial charge in [-0.05, 0) is 42.3 Å². The molecule has 0 unspecified atom stereocenters. The highest BCUT2D eigenvalue weighted by atomic mass is 35.5. The Bertz CT molecular complexity index is 963. The number of hydrogen-bond donors (Lipinski definition) is 1. The minimum absolute atomic E-state index is 0.214. The largest absolute Gasteiger partial charge is 0.493 e. The molecule has 0 radical (unpaired) electrons. The van der Waals surface area contributed by atoms with Crippen LogP contribution in [0.3, 0.4) is 0 Å². The van der Waals surface area contributed by atoms with Crippen molar-refractivity contribution >= 4 is 33.2 Å². The number of ether oxygens (including phenoxy) is 2. The number of carbonyl (C=O) groups excluding carboxylic acids is 1. The van der Waals surface area contributed by atoms with Crippen LogP contribution in [0.5, 0.6) is 11.5 Å². The van der Waals surface area contributed by atoms with Gasteiger partial charge in [0.2, 0.25) is 15.9 Å². The zero-order valence-corrected chi connectivity index (χ0v) is 17.7. The molecule has 7 nitrogen and oxygen atoms in total. The van der Waals surface area contributed by atoms with Crippen molar-refractivity contribution in [1.29, 1.82) is 0 Å². The van der Waals surface area contributed by atoms with Gasteiger partial charge >= 0.3 is 0 Å². The molecule has 0 fully saturated rings. The van der Waals surface area contributed by atoms with Gasteiger partial charge in [-0.1, -0.05) is 23.7 Å². The first-order valence-electron chi connectivity index (χ1n) is 8.37. The molecule has 0 aliphatic heterocycles. The Morgan fingerprint density at radius 1 is 1.14 bits per heavy atom.